The molecule has 7 aromatic rings. The third-order valence-corrected chi connectivity index (χ3v) is 15.0. The van der Waals surface area contributed by atoms with Crippen LogP contribution in [0.25, 0.3) is 44.5 Å². The van der Waals surface area contributed by atoms with Gasteiger partial charge in [0.1, 0.15) is 0 Å². The van der Waals surface area contributed by atoms with Crippen LogP contribution in [0.3, 0.4) is 0 Å². The fourth-order valence-electron chi connectivity index (χ4n) is 11.8. The van der Waals surface area contributed by atoms with Crippen LogP contribution < -0.4 is 4.90 Å². The van der Waals surface area contributed by atoms with E-state index in [1.807, 2.05) is 0 Å². The van der Waals surface area contributed by atoms with E-state index in [9.17, 15) is 0 Å². The van der Waals surface area contributed by atoms with Gasteiger partial charge in [0, 0.05) is 22.5 Å². The molecular weight excluding hydrogens is 711 g/mol. The Bertz CT molecular complexity index is 2590. The van der Waals surface area contributed by atoms with Crippen molar-refractivity contribution in [3.63, 3.8) is 0 Å². The van der Waals surface area contributed by atoms with Crippen LogP contribution in [0.5, 0.6) is 0 Å². The quantitative estimate of drug-likeness (QED) is 0.149. The van der Waals surface area contributed by atoms with E-state index in [0.717, 1.165) is 17.8 Å². The van der Waals surface area contributed by atoms with E-state index >= 15 is 0 Å². The molecule has 1 nitrogen and oxygen atoms in total. The van der Waals surface area contributed by atoms with Crippen molar-refractivity contribution in [2.75, 3.05) is 4.90 Å². The van der Waals surface area contributed by atoms with Gasteiger partial charge in [-0.2, -0.15) is 0 Å². The second-order valence-electron chi connectivity index (χ2n) is 18.7. The van der Waals surface area contributed by atoms with E-state index in [0.29, 0.717) is 5.92 Å². The van der Waals surface area contributed by atoms with Gasteiger partial charge in [-0.05, 0) is 165 Å². The normalized spacial score (nSPS) is 20.3. The van der Waals surface area contributed by atoms with Gasteiger partial charge >= 0.3 is 0 Å². The van der Waals surface area contributed by atoms with Gasteiger partial charge in [0.2, 0.25) is 0 Å². The van der Waals surface area contributed by atoms with Crippen LogP contribution in [0.1, 0.15) is 106 Å². The average Bonchev–Trinajstić information content (AvgIpc) is 4.00. The second-order valence-corrected chi connectivity index (χ2v) is 18.7. The lowest BCUT2D eigenvalue weighted by Gasteiger charge is -2.30. The predicted molar refractivity (Wildman–Crippen MR) is 249 cm³/mol. The number of nitrogens with zero attached hydrogens (tertiary/aromatic N) is 1. The van der Waals surface area contributed by atoms with Gasteiger partial charge in [0.15, 0.2) is 0 Å². The van der Waals surface area contributed by atoms with Crippen LogP contribution >= 0.6 is 0 Å². The SMILES string of the molecule is CC1(C)c2cc(-c3ccccc3)ccc2-c2c(-c3ccccc3)cc(N(c3ccc(-c4ccc(C5CC6CCC5C6)cc4)cc3)c3ccc(C4CCCCC4)cc3)cc21. The Balaban J connectivity index is 1.02. The van der Waals surface area contributed by atoms with Crippen LogP contribution in [0.2, 0.25) is 0 Å². The summed E-state index contributed by atoms with van der Waals surface area (Å²) < 4.78 is 0. The van der Waals surface area contributed by atoms with Gasteiger partial charge in [-0.25, -0.2) is 0 Å². The molecule has 0 N–H and O–H groups in total. The summed E-state index contributed by atoms with van der Waals surface area (Å²) in [7, 11) is 0. The van der Waals surface area contributed by atoms with Crippen LogP contribution in [-0.2, 0) is 5.41 Å². The lowest BCUT2D eigenvalue weighted by Crippen LogP contribution is -2.17. The van der Waals surface area contributed by atoms with Crippen molar-refractivity contribution in [2.45, 2.75) is 88.9 Å². The first-order valence-electron chi connectivity index (χ1n) is 22.5. The topological polar surface area (TPSA) is 3.24 Å². The zero-order valence-corrected chi connectivity index (χ0v) is 34.7. The summed E-state index contributed by atoms with van der Waals surface area (Å²) in [6.45, 7) is 4.84. The highest BCUT2D eigenvalue weighted by molar-refractivity contribution is 5.97. The maximum Gasteiger partial charge on any atom is 0.0471 e. The second kappa shape index (κ2) is 14.9. The number of hydrogen-bond acceptors (Lipinski definition) is 1. The molecule has 3 unspecified atom stereocenters. The summed E-state index contributed by atoms with van der Waals surface area (Å²) in [4.78, 5) is 2.51. The largest absolute Gasteiger partial charge is 0.310 e. The Hall–Kier alpha value is -5.66. The summed E-state index contributed by atoms with van der Waals surface area (Å²) >= 11 is 0. The minimum absolute atomic E-state index is 0.195. The third kappa shape index (κ3) is 6.55. The average molecular weight is 766 g/mol. The fourth-order valence-corrected chi connectivity index (χ4v) is 11.8. The molecule has 3 fully saturated rings. The lowest BCUT2D eigenvalue weighted by molar-refractivity contribution is 0.420. The number of hydrogen-bond donors (Lipinski definition) is 0. The van der Waals surface area contributed by atoms with Crippen molar-refractivity contribution in [1.82, 2.24) is 0 Å². The Kier molecular flexibility index (Phi) is 9.18. The zero-order valence-electron chi connectivity index (χ0n) is 34.7. The molecule has 3 saturated carbocycles. The van der Waals surface area contributed by atoms with Crippen LogP contribution in [-0.4, -0.2) is 0 Å². The summed E-state index contributed by atoms with van der Waals surface area (Å²) in [6, 6.07) is 62.5. The molecule has 0 aromatic heterocycles. The van der Waals surface area contributed by atoms with Crippen LogP contribution in [0.15, 0.2) is 164 Å². The lowest BCUT2D eigenvalue weighted by atomic mass is 9.80. The zero-order chi connectivity index (χ0) is 39.5. The van der Waals surface area contributed by atoms with E-state index in [1.54, 1.807) is 5.56 Å². The summed E-state index contributed by atoms with van der Waals surface area (Å²) in [5.74, 6) is 3.30. The van der Waals surface area contributed by atoms with Gasteiger partial charge in [-0.15, -0.1) is 0 Å². The predicted octanol–water partition coefficient (Wildman–Crippen LogP) is 16.4. The molecule has 292 valence electrons. The number of rotatable bonds is 8. The first-order chi connectivity index (χ1) is 29.0. The maximum absolute atomic E-state index is 2.51. The van der Waals surface area contributed by atoms with E-state index < -0.39 is 0 Å². The Morgan fingerprint density at radius 2 is 1.03 bits per heavy atom. The van der Waals surface area contributed by atoms with Gasteiger partial charge in [-0.1, -0.05) is 161 Å². The van der Waals surface area contributed by atoms with Crippen molar-refractivity contribution in [3.8, 4) is 44.5 Å². The van der Waals surface area contributed by atoms with Crippen LogP contribution in [0, 0.1) is 11.8 Å². The Morgan fingerprint density at radius 3 is 1.68 bits per heavy atom. The summed E-state index contributed by atoms with van der Waals surface area (Å²) in [5.41, 5.74) is 19.5. The molecule has 1 heteroatoms. The third-order valence-electron chi connectivity index (χ3n) is 15.0. The minimum Gasteiger partial charge on any atom is -0.310 e. The molecule has 0 heterocycles. The van der Waals surface area contributed by atoms with E-state index in [4.69, 9.17) is 0 Å². The molecule has 4 aliphatic rings. The molecule has 0 radical (unpaired) electrons. The molecule has 11 rings (SSSR count). The van der Waals surface area contributed by atoms with E-state index in [1.165, 1.54) is 136 Å². The molecule has 4 aliphatic carbocycles. The van der Waals surface area contributed by atoms with Crippen LogP contribution in [0.4, 0.5) is 17.1 Å². The fraction of sp³-hybridized carbons (Fsp3) is 0.276. The highest BCUT2D eigenvalue weighted by Crippen LogP contribution is 2.56. The van der Waals surface area contributed by atoms with Gasteiger partial charge < -0.3 is 4.90 Å². The Labute approximate surface area is 351 Å². The standard InChI is InChI=1S/C58H55N/c1-58(2)55-36-47(41-14-8-4-9-15-41)28-33-52(55)57-54(45-16-10-5-11-17-45)37-51(38-56(57)58)59(49-29-24-43(25-30-49)40-12-6-3-7-13-40)50-31-26-44(27-32-50)42-20-22-46(23-21-42)53-35-39-18-19-48(53)34-39/h4-5,8-11,14-17,20-33,36-40,48,53H,3,6-7,12-13,18-19,34-35H2,1-2H3. The molecule has 2 bridgehead atoms. The number of benzene rings is 7. The first-order valence-corrected chi connectivity index (χ1v) is 22.5. The summed E-state index contributed by atoms with van der Waals surface area (Å²) in [6.07, 6.45) is 12.4. The highest BCUT2D eigenvalue weighted by Gasteiger charge is 2.40. The van der Waals surface area contributed by atoms with Crippen molar-refractivity contribution in [3.05, 3.63) is 186 Å². The van der Waals surface area contributed by atoms with Gasteiger partial charge in [-0.3, -0.25) is 0 Å². The van der Waals surface area contributed by atoms with E-state index in [-0.39, 0.29) is 5.41 Å². The molecule has 3 atom stereocenters. The monoisotopic (exact) mass is 765 g/mol. The first kappa shape index (κ1) is 36.4. The number of fused-ring (bicyclic) bond motifs is 5. The molecule has 0 saturated heterocycles. The molecular formula is C58H55N. The van der Waals surface area contributed by atoms with Gasteiger partial charge in [0.25, 0.3) is 0 Å². The van der Waals surface area contributed by atoms with Crippen molar-refractivity contribution in [1.29, 1.82) is 0 Å². The maximum atomic E-state index is 2.51. The Morgan fingerprint density at radius 1 is 0.441 bits per heavy atom. The molecule has 59 heavy (non-hydrogen) atoms. The van der Waals surface area contributed by atoms with Gasteiger partial charge in [0.05, 0.1) is 0 Å². The molecule has 7 aromatic carbocycles. The van der Waals surface area contributed by atoms with Crippen molar-refractivity contribution < 1.29 is 0 Å². The minimum atomic E-state index is -0.195. The van der Waals surface area contributed by atoms with Crippen molar-refractivity contribution >= 4 is 17.1 Å². The number of anilines is 3. The highest BCUT2D eigenvalue weighted by atomic mass is 15.1. The van der Waals surface area contributed by atoms with E-state index in [2.05, 4.69) is 183 Å². The summed E-state index contributed by atoms with van der Waals surface area (Å²) in [5, 5.41) is 0. The molecule has 0 aliphatic heterocycles. The molecule has 0 spiro atoms. The molecule has 0 amide bonds. The van der Waals surface area contributed by atoms with Crippen molar-refractivity contribution in [2.24, 2.45) is 11.8 Å². The smallest absolute Gasteiger partial charge is 0.0471 e.